The van der Waals surface area contributed by atoms with Crippen LogP contribution in [0.25, 0.3) is 0 Å². The molecule has 0 saturated carbocycles. The summed E-state index contributed by atoms with van der Waals surface area (Å²) in [5.74, 6) is 0. The summed E-state index contributed by atoms with van der Waals surface area (Å²) in [6.07, 6.45) is 0. The van der Waals surface area contributed by atoms with E-state index in [2.05, 4.69) is 9.05 Å². The van der Waals surface area contributed by atoms with Gasteiger partial charge in [-0.3, -0.25) is 9.05 Å². The molecule has 0 aromatic heterocycles. The summed E-state index contributed by atoms with van der Waals surface area (Å²) >= 11 is 16.2. The van der Waals surface area contributed by atoms with Crippen LogP contribution in [0.3, 0.4) is 0 Å². The highest BCUT2D eigenvalue weighted by atomic mass is 35.8. The van der Waals surface area contributed by atoms with Gasteiger partial charge in [-0.15, -0.1) is 33.2 Å². The molecule has 0 bridgehead atoms. The zero-order valence-corrected chi connectivity index (χ0v) is 13.0. The first-order chi connectivity index (χ1) is 6.68. The average Bonchev–Trinajstić information content (AvgIpc) is 2.03. The van der Waals surface area contributed by atoms with Gasteiger partial charge < -0.3 is 4.89 Å². The van der Waals surface area contributed by atoms with Crippen LogP contribution in [-0.4, -0.2) is 24.1 Å². The van der Waals surface area contributed by atoms with Crippen molar-refractivity contribution in [3.8, 4) is 0 Å². The summed E-state index contributed by atoms with van der Waals surface area (Å²) in [5.41, 5.74) is 0. The second-order valence-corrected chi connectivity index (χ2v) is 13.2. The van der Waals surface area contributed by atoms with Crippen molar-refractivity contribution in [1.29, 1.82) is 0 Å². The van der Waals surface area contributed by atoms with Crippen molar-refractivity contribution in [2.45, 2.75) is 26.8 Å². The molecule has 4 nitrogen and oxygen atoms in total. The molecule has 0 atom stereocenters. The normalized spacial score (nSPS) is 11.9. The third kappa shape index (κ3) is 17.8. The van der Waals surface area contributed by atoms with E-state index in [0.29, 0.717) is 6.04 Å². The summed E-state index contributed by atoms with van der Waals surface area (Å²) in [7, 11) is -3.69. The third-order valence-electron chi connectivity index (χ3n) is 0.985. The molecule has 0 unspecified atom stereocenters. The summed E-state index contributed by atoms with van der Waals surface area (Å²) in [6, 6.07) is -1.51. The minimum Gasteiger partial charge on any atom is -0.302 e. The Hall–Kier alpha value is 1.20. The van der Waals surface area contributed by atoms with Gasteiger partial charge in [0, 0.05) is 0 Å². The molecule has 0 rings (SSSR count). The van der Waals surface area contributed by atoms with Gasteiger partial charge in [-0.1, -0.05) is 6.92 Å². The van der Waals surface area contributed by atoms with Crippen LogP contribution in [0, 0.1) is 0 Å². The molecular formula is C6H16Cl3O4PSi. The number of phosphoric ester groups is 1. The fourth-order valence-electron chi connectivity index (χ4n) is 0.364. The van der Waals surface area contributed by atoms with Gasteiger partial charge in [0.15, 0.2) is 0 Å². The van der Waals surface area contributed by atoms with Gasteiger partial charge in [0.2, 0.25) is 0 Å². The second-order valence-electron chi connectivity index (χ2n) is 2.27. The van der Waals surface area contributed by atoms with Gasteiger partial charge in [-0.05, 0) is 19.9 Å². The van der Waals surface area contributed by atoms with Gasteiger partial charge in [0.05, 0.1) is 13.2 Å². The van der Waals surface area contributed by atoms with E-state index in [1.54, 1.807) is 13.8 Å². The molecule has 0 aromatic rings. The first kappa shape index (κ1) is 18.6. The second kappa shape index (κ2) is 9.25. The minimum atomic E-state index is -3.69. The minimum absolute atomic E-state index is 0.188. The SMILES string of the molecule is CCOP(=O)(O)OCC.CC[Si](Cl)(Cl)Cl. The topological polar surface area (TPSA) is 55.8 Å². The molecular weight excluding hydrogens is 301 g/mol. The van der Waals surface area contributed by atoms with Crippen molar-refractivity contribution >= 4 is 47.1 Å². The Morgan fingerprint density at radius 2 is 1.40 bits per heavy atom. The Bertz CT molecular complexity index is 189. The van der Waals surface area contributed by atoms with E-state index in [1.807, 2.05) is 6.92 Å². The van der Waals surface area contributed by atoms with E-state index in [-0.39, 0.29) is 13.2 Å². The molecule has 0 saturated heterocycles. The van der Waals surface area contributed by atoms with E-state index in [1.165, 1.54) is 0 Å². The summed E-state index contributed by atoms with van der Waals surface area (Å²) in [4.78, 5) is 8.63. The Morgan fingerprint density at radius 3 is 1.53 bits per heavy atom. The maximum absolute atomic E-state index is 10.5. The van der Waals surface area contributed by atoms with Gasteiger partial charge in [-0.25, -0.2) is 4.57 Å². The van der Waals surface area contributed by atoms with E-state index in [4.69, 9.17) is 38.1 Å². The lowest BCUT2D eigenvalue weighted by molar-refractivity contribution is 0.161. The van der Waals surface area contributed by atoms with E-state index >= 15 is 0 Å². The lowest BCUT2D eigenvalue weighted by atomic mass is 10.9. The average molecular weight is 318 g/mol. The van der Waals surface area contributed by atoms with Crippen LogP contribution in [0.5, 0.6) is 0 Å². The van der Waals surface area contributed by atoms with Crippen molar-refractivity contribution in [1.82, 2.24) is 0 Å². The number of rotatable bonds is 5. The highest BCUT2D eigenvalue weighted by Gasteiger charge is 2.20. The quantitative estimate of drug-likeness (QED) is 0.476. The molecule has 0 heterocycles. The molecule has 94 valence electrons. The first-order valence-electron chi connectivity index (χ1n) is 4.37. The maximum atomic E-state index is 10.5. The smallest absolute Gasteiger partial charge is 0.302 e. The van der Waals surface area contributed by atoms with E-state index < -0.39 is 13.8 Å². The highest BCUT2D eigenvalue weighted by Crippen LogP contribution is 2.42. The largest absolute Gasteiger partial charge is 0.472 e. The number of halogens is 3. The lowest BCUT2D eigenvalue weighted by Gasteiger charge is -2.07. The van der Waals surface area contributed by atoms with Crippen molar-refractivity contribution < 1.29 is 18.5 Å². The zero-order valence-electron chi connectivity index (χ0n) is 8.87. The van der Waals surface area contributed by atoms with Crippen LogP contribution in [0.4, 0.5) is 0 Å². The Balaban J connectivity index is 0. The summed E-state index contributed by atoms with van der Waals surface area (Å²) in [6.45, 7) is 5.50. The molecule has 0 aliphatic heterocycles. The molecule has 15 heavy (non-hydrogen) atoms. The van der Waals surface area contributed by atoms with Crippen LogP contribution in [0.15, 0.2) is 0 Å². The van der Waals surface area contributed by atoms with Gasteiger partial charge in [0.25, 0.3) is 0 Å². The predicted molar refractivity (Wildman–Crippen MR) is 66.9 cm³/mol. The monoisotopic (exact) mass is 316 g/mol. The Labute approximate surface area is 106 Å². The summed E-state index contributed by atoms with van der Waals surface area (Å²) in [5, 5.41) is 0. The summed E-state index contributed by atoms with van der Waals surface area (Å²) < 4.78 is 19.2. The first-order valence-corrected chi connectivity index (χ1v) is 11.1. The Morgan fingerprint density at radius 1 is 1.13 bits per heavy atom. The maximum Gasteiger partial charge on any atom is 0.472 e. The van der Waals surface area contributed by atoms with Crippen LogP contribution in [-0.2, 0) is 13.6 Å². The molecule has 9 heteroatoms. The van der Waals surface area contributed by atoms with Crippen molar-refractivity contribution in [2.24, 2.45) is 0 Å². The number of hydrogen-bond acceptors (Lipinski definition) is 3. The van der Waals surface area contributed by atoms with Gasteiger partial charge in [0.1, 0.15) is 0 Å². The van der Waals surface area contributed by atoms with Crippen LogP contribution >= 0.6 is 41.1 Å². The third-order valence-corrected chi connectivity index (χ3v) is 5.36. The lowest BCUT2D eigenvalue weighted by Crippen LogP contribution is -2.04. The van der Waals surface area contributed by atoms with E-state index in [0.717, 1.165) is 0 Å². The molecule has 0 aliphatic carbocycles. The fourth-order valence-corrected chi connectivity index (χ4v) is 1.09. The van der Waals surface area contributed by atoms with Crippen molar-refractivity contribution in [3.05, 3.63) is 0 Å². The van der Waals surface area contributed by atoms with E-state index in [9.17, 15) is 4.57 Å². The van der Waals surface area contributed by atoms with Crippen molar-refractivity contribution in [3.63, 3.8) is 0 Å². The number of phosphoric acid groups is 1. The van der Waals surface area contributed by atoms with Crippen LogP contribution < -0.4 is 0 Å². The standard InChI is InChI=1S/C4H11O4P.C2H5Cl3Si/c1-3-7-9(5,6)8-4-2;1-2-6(3,4)5/h3-4H2,1-2H3,(H,5,6);2H2,1H3. The van der Waals surface area contributed by atoms with Crippen molar-refractivity contribution in [2.75, 3.05) is 13.2 Å². The molecule has 0 radical (unpaired) electrons. The molecule has 0 spiro atoms. The van der Waals surface area contributed by atoms with Crippen LogP contribution in [0.1, 0.15) is 20.8 Å². The van der Waals surface area contributed by atoms with Gasteiger partial charge in [-0.2, -0.15) is 0 Å². The molecule has 1 N–H and O–H groups in total. The van der Waals surface area contributed by atoms with Crippen LogP contribution in [0.2, 0.25) is 6.04 Å². The fraction of sp³-hybridized carbons (Fsp3) is 1.00. The predicted octanol–water partition coefficient (Wildman–Crippen LogP) is 3.82. The Kier molecular flexibility index (Phi) is 11.4. The highest BCUT2D eigenvalue weighted by molar-refractivity contribution is 7.64. The molecule has 0 aromatic carbocycles. The molecule has 0 fully saturated rings. The van der Waals surface area contributed by atoms with Gasteiger partial charge >= 0.3 is 13.8 Å². The molecule has 0 amide bonds. The zero-order chi connectivity index (χ0) is 12.5. The number of hydrogen-bond donors (Lipinski definition) is 1. The molecule has 0 aliphatic rings.